The smallest absolute Gasteiger partial charge is 0.0125 e. The van der Waals surface area contributed by atoms with Gasteiger partial charge in [0.15, 0.2) is 0 Å². The van der Waals surface area contributed by atoms with Crippen LogP contribution in [0.1, 0.15) is 22.3 Å². The predicted molar refractivity (Wildman–Crippen MR) is 70.8 cm³/mol. The molecule has 0 aliphatic carbocycles. The molecule has 0 saturated carbocycles. The number of rotatable bonds is 1. The third kappa shape index (κ3) is 2.01. The first-order chi connectivity index (χ1) is 7.58. The van der Waals surface area contributed by atoms with Gasteiger partial charge in [-0.1, -0.05) is 47.5 Å². The normalized spacial score (nSPS) is 10.5. The van der Waals surface area contributed by atoms with Crippen molar-refractivity contribution in [3.8, 4) is 11.1 Å². The molecule has 2 rings (SSSR count). The summed E-state index contributed by atoms with van der Waals surface area (Å²) in [6, 6.07) is 13.2. The number of hydrogen-bond donors (Lipinski definition) is 0. The van der Waals surface area contributed by atoms with E-state index >= 15 is 0 Å². The SMILES string of the molecule is Cc1cc(C)cc(-c2c(C)cccc2C)c1. The zero-order chi connectivity index (χ0) is 11.7. The van der Waals surface area contributed by atoms with Crippen molar-refractivity contribution in [2.75, 3.05) is 0 Å². The average Bonchev–Trinajstić information content (AvgIpc) is 2.15. The lowest BCUT2D eigenvalue weighted by atomic mass is 9.93. The first-order valence-corrected chi connectivity index (χ1v) is 5.73. The first kappa shape index (κ1) is 10.9. The van der Waals surface area contributed by atoms with Crippen LogP contribution in [-0.4, -0.2) is 0 Å². The van der Waals surface area contributed by atoms with Gasteiger partial charge in [0, 0.05) is 0 Å². The van der Waals surface area contributed by atoms with Crippen LogP contribution in [0, 0.1) is 27.7 Å². The molecular formula is C16H18. The van der Waals surface area contributed by atoms with Gasteiger partial charge in [0.2, 0.25) is 0 Å². The van der Waals surface area contributed by atoms with Crippen molar-refractivity contribution < 1.29 is 0 Å². The molecule has 0 unspecified atom stereocenters. The molecule has 0 aromatic heterocycles. The van der Waals surface area contributed by atoms with Crippen LogP contribution in [0.25, 0.3) is 11.1 Å². The second-order valence-corrected chi connectivity index (χ2v) is 4.64. The van der Waals surface area contributed by atoms with Crippen molar-refractivity contribution in [2.24, 2.45) is 0 Å². The molecule has 0 N–H and O–H groups in total. The van der Waals surface area contributed by atoms with Gasteiger partial charge in [0.25, 0.3) is 0 Å². The predicted octanol–water partition coefficient (Wildman–Crippen LogP) is 4.59. The Morgan fingerprint density at radius 1 is 0.688 bits per heavy atom. The standard InChI is InChI=1S/C16H18/c1-11-8-12(2)10-15(9-11)16-13(3)6-5-7-14(16)4/h5-10H,1-4H3. The molecule has 0 fully saturated rings. The van der Waals surface area contributed by atoms with E-state index in [0.717, 1.165) is 0 Å². The van der Waals surface area contributed by atoms with E-state index in [9.17, 15) is 0 Å². The maximum Gasteiger partial charge on any atom is -0.0125 e. The summed E-state index contributed by atoms with van der Waals surface area (Å²) >= 11 is 0. The molecular weight excluding hydrogens is 192 g/mol. The van der Waals surface area contributed by atoms with Gasteiger partial charge in [0.1, 0.15) is 0 Å². The molecule has 0 aliphatic heterocycles. The summed E-state index contributed by atoms with van der Waals surface area (Å²) in [5.41, 5.74) is 8.09. The van der Waals surface area contributed by atoms with E-state index in [2.05, 4.69) is 64.1 Å². The monoisotopic (exact) mass is 210 g/mol. The summed E-state index contributed by atoms with van der Waals surface area (Å²) in [6.07, 6.45) is 0. The molecule has 0 nitrogen and oxygen atoms in total. The van der Waals surface area contributed by atoms with Gasteiger partial charge in [-0.25, -0.2) is 0 Å². The minimum absolute atomic E-state index is 1.33. The highest BCUT2D eigenvalue weighted by Gasteiger charge is 2.05. The van der Waals surface area contributed by atoms with E-state index in [0.29, 0.717) is 0 Å². The third-order valence-corrected chi connectivity index (χ3v) is 2.99. The average molecular weight is 210 g/mol. The highest BCUT2D eigenvalue weighted by molar-refractivity contribution is 5.71. The summed E-state index contributed by atoms with van der Waals surface area (Å²) < 4.78 is 0. The number of hydrogen-bond acceptors (Lipinski definition) is 0. The molecule has 82 valence electrons. The molecule has 0 atom stereocenters. The Morgan fingerprint density at radius 3 is 1.69 bits per heavy atom. The Balaban J connectivity index is 2.67. The third-order valence-electron chi connectivity index (χ3n) is 2.99. The van der Waals surface area contributed by atoms with Gasteiger partial charge in [-0.3, -0.25) is 0 Å². The van der Waals surface area contributed by atoms with Crippen LogP contribution in [0.2, 0.25) is 0 Å². The summed E-state index contributed by atoms with van der Waals surface area (Å²) in [5.74, 6) is 0. The Labute approximate surface area is 97.9 Å². The largest absolute Gasteiger partial charge is 0.0617 e. The molecule has 2 aromatic carbocycles. The molecule has 0 radical (unpaired) electrons. The summed E-state index contributed by atoms with van der Waals surface area (Å²) in [6.45, 7) is 8.67. The van der Waals surface area contributed by atoms with Crippen LogP contribution in [0.5, 0.6) is 0 Å². The van der Waals surface area contributed by atoms with Crippen LogP contribution >= 0.6 is 0 Å². The minimum atomic E-state index is 1.33. The molecule has 0 spiro atoms. The van der Waals surface area contributed by atoms with E-state index < -0.39 is 0 Å². The second-order valence-electron chi connectivity index (χ2n) is 4.64. The van der Waals surface area contributed by atoms with Crippen LogP contribution in [0.15, 0.2) is 36.4 Å². The van der Waals surface area contributed by atoms with Crippen molar-refractivity contribution in [1.29, 1.82) is 0 Å². The van der Waals surface area contributed by atoms with Gasteiger partial charge in [-0.05, 0) is 49.9 Å². The van der Waals surface area contributed by atoms with Crippen molar-refractivity contribution in [3.05, 3.63) is 58.7 Å². The zero-order valence-corrected chi connectivity index (χ0v) is 10.5. The fourth-order valence-electron chi connectivity index (χ4n) is 2.39. The molecule has 0 aliphatic rings. The van der Waals surface area contributed by atoms with E-state index in [1.807, 2.05) is 0 Å². The first-order valence-electron chi connectivity index (χ1n) is 5.73. The lowest BCUT2D eigenvalue weighted by Crippen LogP contribution is -1.89. The lowest BCUT2D eigenvalue weighted by Gasteiger charge is -2.11. The minimum Gasteiger partial charge on any atom is -0.0617 e. The number of benzene rings is 2. The van der Waals surface area contributed by atoms with Crippen LogP contribution in [-0.2, 0) is 0 Å². The molecule has 16 heavy (non-hydrogen) atoms. The molecule has 0 heterocycles. The maximum absolute atomic E-state index is 2.27. The quantitative estimate of drug-likeness (QED) is 0.646. The Hall–Kier alpha value is -1.56. The maximum atomic E-state index is 2.27. The van der Waals surface area contributed by atoms with Crippen LogP contribution < -0.4 is 0 Å². The lowest BCUT2D eigenvalue weighted by molar-refractivity contribution is 1.34. The summed E-state index contributed by atoms with van der Waals surface area (Å²) in [7, 11) is 0. The fourth-order valence-corrected chi connectivity index (χ4v) is 2.39. The van der Waals surface area contributed by atoms with Gasteiger partial charge in [-0.2, -0.15) is 0 Å². The van der Waals surface area contributed by atoms with E-state index in [4.69, 9.17) is 0 Å². The van der Waals surface area contributed by atoms with Crippen molar-refractivity contribution in [2.45, 2.75) is 27.7 Å². The van der Waals surface area contributed by atoms with E-state index in [1.54, 1.807) is 0 Å². The Kier molecular flexibility index (Phi) is 2.82. The molecule has 0 bridgehead atoms. The van der Waals surface area contributed by atoms with Gasteiger partial charge in [-0.15, -0.1) is 0 Å². The highest BCUT2D eigenvalue weighted by atomic mass is 14.1. The Morgan fingerprint density at radius 2 is 1.19 bits per heavy atom. The molecule has 0 amide bonds. The Bertz CT molecular complexity index is 481. The van der Waals surface area contributed by atoms with Crippen molar-refractivity contribution in [1.82, 2.24) is 0 Å². The van der Waals surface area contributed by atoms with Crippen LogP contribution in [0.3, 0.4) is 0 Å². The summed E-state index contributed by atoms with van der Waals surface area (Å²) in [4.78, 5) is 0. The van der Waals surface area contributed by atoms with Gasteiger partial charge < -0.3 is 0 Å². The second kappa shape index (κ2) is 4.13. The summed E-state index contributed by atoms with van der Waals surface area (Å²) in [5, 5.41) is 0. The zero-order valence-electron chi connectivity index (χ0n) is 10.5. The van der Waals surface area contributed by atoms with E-state index in [1.165, 1.54) is 33.4 Å². The van der Waals surface area contributed by atoms with Crippen LogP contribution in [0.4, 0.5) is 0 Å². The van der Waals surface area contributed by atoms with Gasteiger partial charge in [0.05, 0.1) is 0 Å². The van der Waals surface area contributed by atoms with Gasteiger partial charge >= 0.3 is 0 Å². The molecule has 0 heteroatoms. The van der Waals surface area contributed by atoms with Crippen molar-refractivity contribution in [3.63, 3.8) is 0 Å². The molecule has 2 aromatic rings. The van der Waals surface area contributed by atoms with Crippen molar-refractivity contribution >= 4 is 0 Å². The molecule has 0 saturated heterocycles. The number of aryl methyl sites for hydroxylation is 4. The topological polar surface area (TPSA) is 0 Å². The fraction of sp³-hybridized carbons (Fsp3) is 0.250. The highest BCUT2D eigenvalue weighted by Crippen LogP contribution is 2.28. The van der Waals surface area contributed by atoms with E-state index in [-0.39, 0.29) is 0 Å².